The predicted octanol–water partition coefficient (Wildman–Crippen LogP) is 1.33. The van der Waals surface area contributed by atoms with E-state index in [1.807, 2.05) is 6.08 Å². The summed E-state index contributed by atoms with van der Waals surface area (Å²) in [6.45, 7) is 3.77. The Bertz CT molecular complexity index is 1040. The van der Waals surface area contributed by atoms with Gasteiger partial charge in [0.25, 0.3) is 5.60 Å². The molecule has 0 spiro atoms. The number of aliphatic imine (C=N–C) groups is 1. The van der Waals surface area contributed by atoms with Crippen LogP contribution in [0.4, 0.5) is 0 Å². The molecular weight excluding hydrogens is 486 g/mol. The van der Waals surface area contributed by atoms with Crippen LogP contribution in [-0.4, -0.2) is 73.6 Å². The maximum Gasteiger partial charge on any atom is 0.349 e. The number of ketones is 2. The summed E-state index contributed by atoms with van der Waals surface area (Å²) in [7, 11) is 3.03. The van der Waals surface area contributed by atoms with Gasteiger partial charge in [-0.05, 0) is 64.3 Å². The number of piperidine rings is 1. The molecule has 10 heteroatoms. The van der Waals surface area contributed by atoms with Crippen LogP contribution in [0.5, 0.6) is 0 Å². The minimum absolute atomic E-state index is 0.0522. The molecule has 3 heterocycles. The number of carbonyl (C=O) groups excluding carboxylic acids is 3. The molecule has 7 atom stereocenters. The fourth-order valence-corrected chi connectivity index (χ4v) is 7.78. The fraction of sp³-hybridized carbons (Fsp3) is 0.786. The van der Waals surface area contributed by atoms with Gasteiger partial charge in [0, 0.05) is 37.4 Å². The van der Waals surface area contributed by atoms with E-state index in [1.165, 1.54) is 7.11 Å². The van der Waals surface area contributed by atoms with Gasteiger partial charge in [-0.25, -0.2) is 4.79 Å². The molecule has 3 saturated heterocycles. The van der Waals surface area contributed by atoms with Gasteiger partial charge in [0.15, 0.2) is 23.1 Å². The second-order valence-electron chi connectivity index (χ2n) is 11.9. The number of hydrogen-bond acceptors (Lipinski definition) is 8. The molecule has 0 radical (unpaired) electrons. The van der Waals surface area contributed by atoms with Crippen molar-refractivity contribution in [1.82, 2.24) is 16.0 Å². The Morgan fingerprint density at radius 1 is 1.16 bits per heavy atom. The van der Waals surface area contributed by atoms with E-state index in [9.17, 15) is 14.4 Å². The minimum atomic E-state index is -1.79. The maximum absolute atomic E-state index is 13.8. The first kappa shape index (κ1) is 27.3. The van der Waals surface area contributed by atoms with Gasteiger partial charge in [0.05, 0.1) is 13.3 Å². The summed E-state index contributed by atoms with van der Waals surface area (Å²) in [6.07, 6.45) is 9.79. The summed E-state index contributed by atoms with van der Waals surface area (Å²) in [6, 6.07) is 0. The first-order valence-corrected chi connectivity index (χ1v) is 14.2. The molecular formula is C28H43N5O5. The highest BCUT2D eigenvalue weighted by molar-refractivity contribution is 6.23. The molecule has 0 aromatic heterocycles. The number of nitrogens with two attached hydrogens (primary N) is 1. The van der Waals surface area contributed by atoms with Crippen LogP contribution < -0.4 is 21.7 Å². The van der Waals surface area contributed by atoms with Crippen molar-refractivity contribution >= 4 is 23.5 Å². The van der Waals surface area contributed by atoms with Crippen molar-refractivity contribution in [1.29, 1.82) is 0 Å². The number of carbonyl (C=O) groups is 3. The third-order valence-electron chi connectivity index (χ3n) is 9.75. The average Bonchev–Trinajstić information content (AvgIpc) is 3.67. The summed E-state index contributed by atoms with van der Waals surface area (Å²) >= 11 is 0. The van der Waals surface area contributed by atoms with E-state index in [-0.39, 0.29) is 35.6 Å². The molecule has 0 amide bonds. The summed E-state index contributed by atoms with van der Waals surface area (Å²) in [4.78, 5) is 44.7. The third kappa shape index (κ3) is 4.29. The van der Waals surface area contributed by atoms with E-state index in [0.29, 0.717) is 18.8 Å². The lowest BCUT2D eigenvalue weighted by Gasteiger charge is -2.45. The highest BCUT2D eigenvalue weighted by Crippen LogP contribution is 2.61. The summed E-state index contributed by atoms with van der Waals surface area (Å²) < 4.78 is 11.0. The van der Waals surface area contributed by atoms with Crippen LogP contribution in [0, 0.1) is 17.8 Å². The first-order valence-electron chi connectivity index (χ1n) is 14.2. The number of epoxide rings is 1. The zero-order valence-electron chi connectivity index (χ0n) is 22.9. The molecule has 5 N–H and O–H groups in total. The van der Waals surface area contributed by atoms with E-state index in [1.54, 1.807) is 7.05 Å². The van der Waals surface area contributed by atoms with Gasteiger partial charge >= 0.3 is 5.97 Å². The van der Waals surface area contributed by atoms with Crippen LogP contribution in [0.1, 0.15) is 71.1 Å². The number of methoxy groups -OCH3 is 1. The van der Waals surface area contributed by atoms with Crippen molar-refractivity contribution in [3.8, 4) is 0 Å². The van der Waals surface area contributed by atoms with Crippen molar-refractivity contribution in [2.45, 2.75) is 94.0 Å². The normalized spacial score (nSPS) is 42.3. The largest absolute Gasteiger partial charge is 0.466 e. The Labute approximate surface area is 224 Å². The standard InChI is InChI=1S/C28H43N5O5/c1-17(16-26(18-10-14-31-21(29)15-18)11-6-13-32-25(30-2)33-26)9-12-27-22(34)19-7-4-5-8-20(19)23(35)28(27,38-27)24(36)37-3/h9,18-21,31H,4-8,10-16,29H2,1-3H3,(H2,30,32,33). The van der Waals surface area contributed by atoms with Crippen molar-refractivity contribution < 1.29 is 23.9 Å². The van der Waals surface area contributed by atoms with Gasteiger partial charge < -0.3 is 31.2 Å². The van der Waals surface area contributed by atoms with Gasteiger partial charge in [-0.15, -0.1) is 0 Å². The Morgan fingerprint density at radius 3 is 2.58 bits per heavy atom. The highest BCUT2D eigenvalue weighted by atomic mass is 16.7. The molecule has 0 aromatic rings. The molecule has 5 rings (SSSR count). The molecule has 2 saturated carbocycles. The number of guanidine groups is 1. The SMILES string of the molecule is CN=C1NCCCC(CC(C)=CCC23OC2(C(=O)OC)C(=O)C2CCCCC2C3=O)(C2CCNC(N)C2)N1. The number of nitrogens with one attached hydrogen (secondary N) is 3. The van der Waals surface area contributed by atoms with Crippen LogP contribution in [-0.2, 0) is 23.9 Å². The van der Waals surface area contributed by atoms with Gasteiger partial charge in [0.1, 0.15) is 0 Å². The topological polar surface area (TPSA) is 147 Å². The van der Waals surface area contributed by atoms with E-state index >= 15 is 0 Å². The van der Waals surface area contributed by atoms with E-state index in [2.05, 4.69) is 27.9 Å². The summed E-state index contributed by atoms with van der Waals surface area (Å²) in [5, 5.41) is 10.5. The van der Waals surface area contributed by atoms with Crippen molar-refractivity contribution in [3.05, 3.63) is 11.6 Å². The lowest BCUT2D eigenvalue weighted by molar-refractivity contribution is -0.156. The van der Waals surface area contributed by atoms with Crippen LogP contribution in [0.25, 0.3) is 0 Å². The van der Waals surface area contributed by atoms with Crippen molar-refractivity contribution in [2.24, 2.45) is 28.5 Å². The van der Waals surface area contributed by atoms with Gasteiger partial charge in [-0.2, -0.15) is 0 Å². The van der Waals surface area contributed by atoms with Crippen molar-refractivity contribution in [3.63, 3.8) is 0 Å². The second-order valence-corrected chi connectivity index (χ2v) is 11.9. The lowest BCUT2D eigenvalue weighted by atomic mass is 9.61. The number of nitrogens with zero attached hydrogens (tertiary/aromatic N) is 1. The molecule has 210 valence electrons. The van der Waals surface area contributed by atoms with Crippen LogP contribution in [0.2, 0.25) is 0 Å². The van der Waals surface area contributed by atoms with Gasteiger partial charge in [-0.3, -0.25) is 14.6 Å². The van der Waals surface area contributed by atoms with E-state index in [0.717, 1.165) is 69.6 Å². The molecule has 5 aliphatic rings. The molecule has 3 aliphatic heterocycles. The van der Waals surface area contributed by atoms with Crippen LogP contribution >= 0.6 is 0 Å². The Kier molecular flexibility index (Phi) is 7.43. The highest BCUT2D eigenvalue weighted by Gasteiger charge is 2.86. The molecule has 10 nitrogen and oxygen atoms in total. The number of hydrogen-bond donors (Lipinski definition) is 4. The summed E-state index contributed by atoms with van der Waals surface area (Å²) in [5.74, 6) is -0.806. The molecule has 5 fully saturated rings. The first-order chi connectivity index (χ1) is 18.2. The van der Waals surface area contributed by atoms with Gasteiger partial charge in [0.2, 0.25) is 0 Å². The summed E-state index contributed by atoms with van der Waals surface area (Å²) in [5.41, 5.74) is 3.91. The monoisotopic (exact) mass is 529 g/mol. The number of fused-ring (bicyclic) bond motifs is 2. The lowest BCUT2D eigenvalue weighted by Crippen LogP contribution is -2.59. The molecule has 38 heavy (non-hydrogen) atoms. The molecule has 2 aliphatic carbocycles. The minimum Gasteiger partial charge on any atom is -0.466 e. The smallest absolute Gasteiger partial charge is 0.349 e. The molecule has 0 bridgehead atoms. The zero-order chi connectivity index (χ0) is 27.1. The second kappa shape index (κ2) is 10.4. The maximum atomic E-state index is 13.8. The predicted molar refractivity (Wildman–Crippen MR) is 142 cm³/mol. The average molecular weight is 530 g/mol. The van der Waals surface area contributed by atoms with Crippen LogP contribution in [0.3, 0.4) is 0 Å². The van der Waals surface area contributed by atoms with E-state index in [4.69, 9.17) is 15.2 Å². The van der Waals surface area contributed by atoms with Crippen molar-refractivity contribution in [2.75, 3.05) is 27.2 Å². The Balaban J connectivity index is 1.42. The Hall–Kier alpha value is -2.30. The quantitative estimate of drug-likeness (QED) is 0.173. The Morgan fingerprint density at radius 2 is 1.89 bits per heavy atom. The number of rotatable bonds is 6. The van der Waals surface area contributed by atoms with Crippen LogP contribution in [0.15, 0.2) is 16.6 Å². The fourth-order valence-electron chi connectivity index (χ4n) is 7.78. The number of Topliss-reactive ketones (excluding diaryl/α,β-unsaturated/α-hetero) is 2. The zero-order valence-corrected chi connectivity index (χ0v) is 22.9. The molecule has 0 aromatic carbocycles. The number of esters is 1. The third-order valence-corrected chi connectivity index (χ3v) is 9.75. The molecule has 7 unspecified atom stereocenters. The van der Waals surface area contributed by atoms with Gasteiger partial charge in [-0.1, -0.05) is 24.5 Å². The number of ether oxygens (including phenoxy) is 2. The van der Waals surface area contributed by atoms with E-state index < -0.39 is 23.1 Å².